The second-order valence-corrected chi connectivity index (χ2v) is 4.95. The van der Waals surface area contributed by atoms with Crippen molar-refractivity contribution in [3.8, 4) is 0 Å². The summed E-state index contributed by atoms with van der Waals surface area (Å²) in [5.74, 6) is 0. The van der Waals surface area contributed by atoms with Crippen LogP contribution in [0.1, 0.15) is 90.4 Å². The maximum atomic E-state index is 10.2. The number of rotatable bonds is 13. The molecular formula is C15H31LiO. The minimum atomic E-state index is 0. The Morgan fingerprint density at radius 2 is 0.824 bits per heavy atom. The zero-order chi connectivity index (χ0) is 11.9. The van der Waals surface area contributed by atoms with E-state index in [1.54, 1.807) is 0 Å². The van der Waals surface area contributed by atoms with Crippen LogP contribution in [0, 0.1) is 0 Å². The van der Waals surface area contributed by atoms with Crippen molar-refractivity contribution in [2.24, 2.45) is 0 Å². The van der Waals surface area contributed by atoms with E-state index < -0.39 is 0 Å². The molecular weight excluding hydrogens is 203 g/mol. The Morgan fingerprint density at radius 3 is 1.12 bits per heavy atom. The Balaban J connectivity index is 0. The fraction of sp³-hybridized carbons (Fsp3) is 1.00. The first-order valence-electron chi connectivity index (χ1n) is 7.50. The first-order chi connectivity index (χ1) is 7.91. The summed E-state index contributed by atoms with van der Waals surface area (Å²) in [6.45, 7) is 2.39. The molecule has 0 amide bonds. The van der Waals surface area contributed by atoms with Gasteiger partial charge in [-0.1, -0.05) is 90.4 Å². The second-order valence-electron chi connectivity index (χ2n) is 4.95. The van der Waals surface area contributed by atoms with Gasteiger partial charge >= 0.3 is 18.9 Å². The van der Waals surface area contributed by atoms with Crippen LogP contribution in [0.2, 0.25) is 0 Å². The summed E-state index contributed by atoms with van der Waals surface area (Å²) < 4.78 is 0. The molecule has 0 bridgehead atoms. The standard InChI is InChI=1S/C15H31O.Li/c1-2-3-4-5-6-7-8-9-10-11-12-13-14-15-16;/h2-15H2,1H3;/q-1;+1. The van der Waals surface area contributed by atoms with Crippen molar-refractivity contribution in [2.45, 2.75) is 90.4 Å². The third-order valence-electron chi connectivity index (χ3n) is 3.25. The molecule has 0 aromatic heterocycles. The summed E-state index contributed by atoms with van der Waals surface area (Å²) in [4.78, 5) is 0. The van der Waals surface area contributed by atoms with Crippen molar-refractivity contribution >= 4 is 0 Å². The summed E-state index contributed by atoms with van der Waals surface area (Å²) in [7, 11) is 0. The van der Waals surface area contributed by atoms with Crippen LogP contribution in [-0.2, 0) is 0 Å². The summed E-state index contributed by atoms with van der Waals surface area (Å²) in [5.41, 5.74) is 0. The maximum absolute atomic E-state index is 10.2. The Kier molecular flexibility index (Phi) is 22.1. The van der Waals surface area contributed by atoms with Gasteiger partial charge in [0.1, 0.15) is 0 Å². The molecule has 0 rings (SSSR count). The van der Waals surface area contributed by atoms with Gasteiger partial charge < -0.3 is 5.11 Å². The number of hydrogen-bond acceptors (Lipinski definition) is 1. The van der Waals surface area contributed by atoms with E-state index in [-0.39, 0.29) is 25.5 Å². The van der Waals surface area contributed by atoms with Gasteiger partial charge in [-0.2, -0.15) is 0 Å². The minimum Gasteiger partial charge on any atom is -0.854 e. The largest absolute Gasteiger partial charge is 1.00 e. The van der Waals surface area contributed by atoms with Gasteiger partial charge in [0.15, 0.2) is 0 Å². The minimum absolute atomic E-state index is 0. The predicted octanol–water partition coefficient (Wildman–Crippen LogP) is 1.44. The second kappa shape index (κ2) is 18.9. The molecule has 0 spiro atoms. The van der Waals surface area contributed by atoms with Crippen LogP contribution in [0.25, 0.3) is 0 Å². The van der Waals surface area contributed by atoms with Crippen LogP contribution in [0.5, 0.6) is 0 Å². The van der Waals surface area contributed by atoms with Crippen molar-refractivity contribution < 1.29 is 24.0 Å². The molecule has 0 aromatic rings. The fourth-order valence-electron chi connectivity index (χ4n) is 2.12. The molecule has 0 aliphatic carbocycles. The Labute approximate surface area is 121 Å². The number of unbranched alkanes of at least 4 members (excludes halogenated alkanes) is 12. The van der Waals surface area contributed by atoms with Gasteiger partial charge in [-0.25, -0.2) is 0 Å². The van der Waals surface area contributed by atoms with Crippen LogP contribution < -0.4 is 24.0 Å². The monoisotopic (exact) mass is 234 g/mol. The summed E-state index contributed by atoms with van der Waals surface area (Å²) >= 11 is 0. The zero-order valence-corrected chi connectivity index (χ0v) is 12.3. The average Bonchev–Trinajstić information content (AvgIpc) is 2.31. The van der Waals surface area contributed by atoms with Crippen LogP contribution >= 0.6 is 0 Å². The molecule has 17 heavy (non-hydrogen) atoms. The molecule has 0 atom stereocenters. The normalized spacial score (nSPS) is 10.2. The first kappa shape index (κ1) is 19.9. The summed E-state index contributed by atoms with van der Waals surface area (Å²) in [6.07, 6.45) is 17.4. The van der Waals surface area contributed by atoms with Gasteiger partial charge in [-0.15, -0.1) is 6.61 Å². The van der Waals surface area contributed by atoms with Gasteiger partial charge in [0.25, 0.3) is 0 Å². The molecule has 0 saturated heterocycles. The first-order valence-corrected chi connectivity index (χ1v) is 7.50. The molecule has 98 valence electrons. The third-order valence-corrected chi connectivity index (χ3v) is 3.25. The zero-order valence-electron chi connectivity index (χ0n) is 12.3. The molecule has 0 aliphatic rings. The van der Waals surface area contributed by atoms with E-state index in [4.69, 9.17) is 0 Å². The SMILES string of the molecule is CCCCCCCCCCCCCCC[O-].[Li+]. The molecule has 0 saturated carbocycles. The summed E-state index contributed by atoms with van der Waals surface area (Å²) in [5, 5.41) is 10.2. The van der Waals surface area contributed by atoms with Crippen molar-refractivity contribution in [1.82, 2.24) is 0 Å². The van der Waals surface area contributed by atoms with Gasteiger partial charge in [0, 0.05) is 0 Å². The molecule has 0 N–H and O–H groups in total. The van der Waals surface area contributed by atoms with E-state index in [0.717, 1.165) is 12.8 Å². The average molecular weight is 234 g/mol. The Bertz CT molecular complexity index is 103. The van der Waals surface area contributed by atoms with E-state index >= 15 is 0 Å². The third kappa shape index (κ3) is 19.1. The molecule has 0 fully saturated rings. The van der Waals surface area contributed by atoms with Crippen molar-refractivity contribution in [3.63, 3.8) is 0 Å². The molecule has 1 nitrogen and oxygen atoms in total. The molecule has 0 radical (unpaired) electrons. The topological polar surface area (TPSA) is 23.1 Å². The Hall–Kier alpha value is 0.557. The van der Waals surface area contributed by atoms with Crippen molar-refractivity contribution in [1.29, 1.82) is 0 Å². The van der Waals surface area contributed by atoms with E-state index in [0.29, 0.717) is 0 Å². The predicted molar refractivity (Wildman–Crippen MR) is 70.6 cm³/mol. The van der Waals surface area contributed by atoms with Gasteiger partial charge in [0.2, 0.25) is 0 Å². The van der Waals surface area contributed by atoms with Gasteiger partial charge in [-0.05, 0) is 0 Å². The van der Waals surface area contributed by atoms with E-state index in [2.05, 4.69) is 6.92 Å². The van der Waals surface area contributed by atoms with Gasteiger partial charge in [-0.3, -0.25) is 0 Å². The smallest absolute Gasteiger partial charge is 0.854 e. The van der Waals surface area contributed by atoms with Gasteiger partial charge in [0.05, 0.1) is 0 Å². The van der Waals surface area contributed by atoms with Crippen molar-refractivity contribution in [3.05, 3.63) is 0 Å². The van der Waals surface area contributed by atoms with E-state index in [1.807, 2.05) is 0 Å². The van der Waals surface area contributed by atoms with Crippen LogP contribution in [0.4, 0.5) is 0 Å². The quantitative estimate of drug-likeness (QED) is 0.349. The molecule has 0 heterocycles. The van der Waals surface area contributed by atoms with Crippen LogP contribution in [0.15, 0.2) is 0 Å². The summed E-state index contributed by atoms with van der Waals surface area (Å²) in [6, 6.07) is 0. The maximum Gasteiger partial charge on any atom is 1.00 e. The molecule has 0 aliphatic heterocycles. The van der Waals surface area contributed by atoms with Crippen molar-refractivity contribution in [2.75, 3.05) is 6.61 Å². The molecule has 0 aromatic carbocycles. The fourth-order valence-corrected chi connectivity index (χ4v) is 2.12. The molecule has 2 heteroatoms. The van der Waals surface area contributed by atoms with E-state index in [9.17, 15) is 5.11 Å². The van der Waals surface area contributed by atoms with Crippen LogP contribution in [-0.4, -0.2) is 6.61 Å². The van der Waals surface area contributed by atoms with E-state index in [1.165, 1.54) is 70.6 Å². The molecule has 0 unspecified atom stereocenters. The van der Waals surface area contributed by atoms with Crippen LogP contribution in [0.3, 0.4) is 0 Å². The number of hydrogen-bond donors (Lipinski definition) is 0. The Morgan fingerprint density at radius 1 is 0.529 bits per heavy atom.